The molecule has 0 heterocycles. The Morgan fingerprint density at radius 3 is 2.65 bits per heavy atom. The van der Waals surface area contributed by atoms with Gasteiger partial charge in [-0.25, -0.2) is 0 Å². The summed E-state index contributed by atoms with van der Waals surface area (Å²) in [4.78, 5) is 2.07. The van der Waals surface area contributed by atoms with Gasteiger partial charge in [0.05, 0.1) is 0 Å². The van der Waals surface area contributed by atoms with Gasteiger partial charge in [0.15, 0.2) is 0 Å². The third-order valence-electron chi connectivity index (χ3n) is 2.34. The Labute approximate surface area is 106 Å². The van der Waals surface area contributed by atoms with Crippen molar-refractivity contribution in [1.29, 1.82) is 0 Å². The van der Waals surface area contributed by atoms with E-state index in [-0.39, 0.29) is 0 Å². The molecule has 0 aliphatic heterocycles. The topological polar surface area (TPSA) is 57.6 Å². The standard InChI is InChI=1S/C11H17NO3S2/c1-3-12(7-8-16-17(13,14)15)11-6-4-5-10(2)9-11/h4-6,9H,3,7-8H2,1-2H3,(H,13,14,15). The van der Waals surface area contributed by atoms with Crippen LogP contribution in [0.2, 0.25) is 0 Å². The van der Waals surface area contributed by atoms with Crippen LogP contribution in [0.15, 0.2) is 24.3 Å². The number of benzene rings is 1. The largest absolute Gasteiger partial charge is 0.371 e. The summed E-state index contributed by atoms with van der Waals surface area (Å²) in [6, 6.07) is 8.05. The second-order valence-corrected chi connectivity index (χ2v) is 7.14. The summed E-state index contributed by atoms with van der Waals surface area (Å²) < 4.78 is 29.8. The van der Waals surface area contributed by atoms with E-state index in [1.165, 1.54) is 5.56 Å². The molecule has 0 unspecified atom stereocenters. The highest BCUT2D eigenvalue weighted by Crippen LogP contribution is 2.17. The van der Waals surface area contributed by atoms with Gasteiger partial charge in [0.2, 0.25) is 0 Å². The van der Waals surface area contributed by atoms with E-state index in [1.54, 1.807) is 0 Å². The molecule has 17 heavy (non-hydrogen) atoms. The maximum atomic E-state index is 10.6. The normalized spacial score (nSPS) is 11.5. The molecule has 0 atom stereocenters. The molecule has 0 aromatic heterocycles. The Balaban J connectivity index is 2.60. The average molecular weight is 275 g/mol. The van der Waals surface area contributed by atoms with E-state index in [1.807, 2.05) is 32.0 Å². The molecule has 1 aromatic carbocycles. The van der Waals surface area contributed by atoms with Gasteiger partial charge in [0.25, 0.3) is 0 Å². The fraction of sp³-hybridized carbons (Fsp3) is 0.455. The quantitative estimate of drug-likeness (QED) is 0.638. The van der Waals surface area contributed by atoms with Gasteiger partial charge in [-0.3, -0.25) is 4.55 Å². The molecule has 0 bridgehead atoms. The first-order valence-electron chi connectivity index (χ1n) is 5.36. The number of hydrogen-bond donors (Lipinski definition) is 1. The highest BCUT2D eigenvalue weighted by Gasteiger charge is 2.08. The van der Waals surface area contributed by atoms with Crippen LogP contribution in [0.3, 0.4) is 0 Å². The minimum Gasteiger partial charge on any atom is -0.371 e. The number of anilines is 1. The molecule has 6 heteroatoms. The Morgan fingerprint density at radius 1 is 1.41 bits per heavy atom. The van der Waals surface area contributed by atoms with Crippen molar-refractivity contribution in [2.24, 2.45) is 0 Å². The zero-order chi connectivity index (χ0) is 12.9. The molecule has 1 rings (SSSR count). The van der Waals surface area contributed by atoms with E-state index in [2.05, 4.69) is 11.0 Å². The summed E-state index contributed by atoms with van der Waals surface area (Å²) in [5.74, 6) is 0.348. The molecule has 1 aromatic rings. The molecule has 0 aliphatic rings. The van der Waals surface area contributed by atoms with E-state index >= 15 is 0 Å². The van der Waals surface area contributed by atoms with E-state index in [4.69, 9.17) is 4.55 Å². The SMILES string of the molecule is CCN(CCSS(=O)(=O)O)c1cccc(C)c1. The molecule has 0 spiro atoms. The van der Waals surface area contributed by atoms with Crippen LogP contribution in [0.25, 0.3) is 0 Å². The fourth-order valence-corrected chi connectivity index (χ4v) is 2.91. The van der Waals surface area contributed by atoms with E-state index in [0.29, 0.717) is 23.1 Å². The lowest BCUT2D eigenvalue weighted by molar-refractivity contribution is 0.503. The predicted octanol–water partition coefficient (Wildman–Crippen LogP) is 2.36. The summed E-state index contributed by atoms with van der Waals surface area (Å²) in [5.41, 5.74) is 2.24. The highest BCUT2D eigenvalue weighted by molar-refractivity contribution is 8.69. The highest BCUT2D eigenvalue weighted by atomic mass is 33.1. The lowest BCUT2D eigenvalue weighted by atomic mass is 10.2. The van der Waals surface area contributed by atoms with Crippen molar-refractivity contribution >= 4 is 25.6 Å². The van der Waals surface area contributed by atoms with Gasteiger partial charge in [-0.15, -0.1) is 0 Å². The van der Waals surface area contributed by atoms with Crippen LogP contribution in [-0.4, -0.2) is 31.8 Å². The summed E-state index contributed by atoms with van der Waals surface area (Å²) in [6.45, 7) is 5.42. The molecule has 0 saturated carbocycles. The molecular weight excluding hydrogens is 258 g/mol. The Hall–Kier alpha value is -0.720. The smallest absolute Gasteiger partial charge is 0.319 e. The monoisotopic (exact) mass is 275 g/mol. The maximum Gasteiger partial charge on any atom is 0.319 e. The maximum absolute atomic E-state index is 10.6. The second kappa shape index (κ2) is 6.28. The molecule has 0 radical (unpaired) electrons. The zero-order valence-corrected chi connectivity index (χ0v) is 11.6. The van der Waals surface area contributed by atoms with Crippen LogP contribution in [0.1, 0.15) is 12.5 Å². The molecule has 4 nitrogen and oxygen atoms in total. The Morgan fingerprint density at radius 2 is 2.12 bits per heavy atom. The minimum atomic E-state index is -3.93. The molecule has 0 saturated heterocycles. The van der Waals surface area contributed by atoms with Crippen molar-refractivity contribution in [2.75, 3.05) is 23.7 Å². The molecule has 1 N–H and O–H groups in total. The molecule has 96 valence electrons. The second-order valence-electron chi connectivity index (χ2n) is 3.67. The van der Waals surface area contributed by atoms with Gasteiger partial charge in [-0.05, 0) is 42.3 Å². The van der Waals surface area contributed by atoms with Gasteiger partial charge < -0.3 is 4.90 Å². The van der Waals surface area contributed by atoms with E-state index in [0.717, 1.165) is 12.2 Å². The van der Waals surface area contributed by atoms with Crippen LogP contribution in [-0.2, 0) is 9.15 Å². The van der Waals surface area contributed by atoms with Crippen molar-refractivity contribution in [3.8, 4) is 0 Å². The summed E-state index contributed by atoms with van der Waals surface area (Å²) in [5, 5.41) is 0. The van der Waals surface area contributed by atoms with Crippen molar-refractivity contribution in [1.82, 2.24) is 0 Å². The van der Waals surface area contributed by atoms with Crippen LogP contribution < -0.4 is 4.90 Å². The minimum absolute atomic E-state index is 0.348. The lowest BCUT2D eigenvalue weighted by Crippen LogP contribution is -2.25. The van der Waals surface area contributed by atoms with Crippen molar-refractivity contribution in [3.63, 3.8) is 0 Å². The van der Waals surface area contributed by atoms with Gasteiger partial charge in [-0.1, -0.05) is 12.1 Å². The number of aryl methyl sites for hydroxylation is 1. The molecular formula is C11H17NO3S2. The van der Waals surface area contributed by atoms with Gasteiger partial charge in [0, 0.05) is 24.5 Å². The zero-order valence-electron chi connectivity index (χ0n) is 9.96. The van der Waals surface area contributed by atoms with Crippen molar-refractivity contribution in [2.45, 2.75) is 13.8 Å². The number of hydrogen-bond acceptors (Lipinski definition) is 4. The fourth-order valence-electron chi connectivity index (χ4n) is 1.55. The van der Waals surface area contributed by atoms with Crippen molar-refractivity contribution in [3.05, 3.63) is 29.8 Å². The molecule has 0 fully saturated rings. The first-order valence-corrected chi connectivity index (χ1v) is 8.30. The number of rotatable bonds is 6. The van der Waals surface area contributed by atoms with Crippen LogP contribution >= 0.6 is 10.8 Å². The molecule has 0 amide bonds. The van der Waals surface area contributed by atoms with Gasteiger partial charge >= 0.3 is 9.15 Å². The third kappa shape index (κ3) is 5.43. The van der Waals surface area contributed by atoms with E-state index < -0.39 is 9.15 Å². The molecule has 0 aliphatic carbocycles. The average Bonchev–Trinajstić information content (AvgIpc) is 2.23. The van der Waals surface area contributed by atoms with Gasteiger partial charge in [-0.2, -0.15) is 8.42 Å². The van der Waals surface area contributed by atoms with Crippen LogP contribution in [0, 0.1) is 6.92 Å². The predicted molar refractivity (Wildman–Crippen MR) is 73.1 cm³/mol. The first kappa shape index (κ1) is 14.3. The third-order valence-corrected chi connectivity index (χ3v) is 4.38. The summed E-state index contributed by atoms with van der Waals surface area (Å²) in [7, 11) is -3.37. The Kier molecular flexibility index (Phi) is 5.30. The lowest BCUT2D eigenvalue weighted by Gasteiger charge is -2.22. The first-order chi connectivity index (χ1) is 7.92. The van der Waals surface area contributed by atoms with Gasteiger partial charge in [0.1, 0.15) is 0 Å². The van der Waals surface area contributed by atoms with Crippen LogP contribution in [0.5, 0.6) is 0 Å². The van der Waals surface area contributed by atoms with Crippen LogP contribution in [0.4, 0.5) is 5.69 Å². The Bertz CT molecular complexity index is 460. The summed E-state index contributed by atoms with van der Waals surface area (Å²) >= 11 is 0. The van der Waals surface area contributed by atoms with Crippen molar-refractivity contribution < 1.29 is 13.0 Å². The number of nitrogens with zero attached hydrogens (tertiary/aromatic N) is 1. The summed E-state index contributed by atoms with van der Waals surface area (Å²) in [6.07, 6.45) is 0. The van der Waals surface area contributed by atoms with E-state index in [9.17, 15) is 8.42 Å².